The van der Waals surface area contributed by atoms with Gasteiger partial charge in [-0.15, -0.1) is 0 Å². The molecular weight excluding hydrogens is 162 g/mol. The number of rotatable bonds is 6. The lowest BCUT2D eigenvalue weighted by atomic mass is 9.99. The van der Waals surface area contributed by atoms with E-state index in [1.807, 2.05) is 0 Å². The maximum Gasteiger partial charge on any atom is 0.266 e. The first-order chi connectivity index (χ1) is 5.50. The van der Waals surface area contributed by atoms with Crippen molar-refractivity contribution >= 4 is 0 Å². The van der Waals surface area contributed by atoms with Crippen LogP contribution in [0.2, 0.25) is 0 Å². The third kappa shape index (κ3) is 4.65. The molecule has 0 aromatic carbocycles. The van der Waals surface area contributed by atoms with Crippen LogP contribution in [0.15, 0.2) is 0 Å². The topological polar surface area (TPSA) is 20.2 Å². The van der Waals surface area contributed by atoms with Crippen molar-refractivity contribution in [2.45, 2.75) is 58.0 Å². The van der Waals surface area contributed by atoms with E-state index < -0.39 is 12.0 Å². The molecule has 0 amide bonds. The maximum absolute atomic E-state index is 12.1. The molecular formula is C9H18F2O. The second kappa shape index (κ2) is 5.46. The van der Waals surface area contributed by atoms with Crippen LogP contribution in [0.5, 0.6) is 0 Å². The minimum Gasteiger partial charge on any atom is -0.384 e. The fraction of sp³-hybridized carbons (Fsp3) is 1.00. The van der Waals surface area contributed by atoms with Gasteiger partial charge in [-0.05, 0) is 13.3 Å². The first kappa shape index (κ1) is 11.8. The summed E-state index contributed by atoms with van der Waals surface area (Å²) in [6, 6.07) is 0. The Morgan fingerprint density at radius 3 is 2.25 bits per heavy atom. The summed E-state index contributed by atoms with van der Waals surface area (Å²) >= 11 is 0. The van der Waals surface area contributed by atoms with E-state index in [9.17, 15) is 8.78 Å². The van der Waals surface area contributed by atoms with Gasteiger partial charge in [-0.2, -0.15) is 0 Å². The smallest absolute Gasteiger partial charge is 0.266 e. The largest absolute Gasteiger partial charge is 0.384 e. The molecule has 3 heteroatoms. The van der Waals surface area contributed by atoms with Gasteiger partial charge in [0.2, 0.25) is 0 Å². The van der Waals surface area contributed by atoms with E-state index in [2.05, 4.69) is 6.92 Å². The highest BCUT2D eigenvalue weighted by Gasteiger charge is 2.30. The molecule has 0 saturated heterocycles. The highest BCUT2D eigenvalue weighted by Crippen LogP contribution is 2.22. The quantitative estimate of drug-likeness (QED) is 0.623. The van der Waals surface area contributed by atoms with E-state index in [1.54, 1.807) is 0 Å². The third-order valence-electron chi connectivity index (χ3n) is 2.01. The molecule has 1 N–H and O–H groups in total. The number of unbranched alkanes of at least 4 members (excludes halogenated alkanes) is 3. The van der Waals surface area contributed by atoms with Gasteiger partial charge in [0.15, 0.2) is 0 Å². The van der Waals surface area contributed by atoms with E-state index in [0.717, 1.165) is 19.3 Å². The third-order valence-corrected chi connectivity index (χ3v) is 2.01. The SMILES string of the molecule is CCCCCCC(C)(O)C(F)F. The molecule has 0 aliphatic heterocycles. The molecule has 0 saturated carbocycles. The molecule has 0 radical (unpaired) electrons. The Hall–Kier alpha value is -0.180. The van der Waals surface area contributed by atoms with Crippen LogP contribution in [0.25, 0.3) is 0 Å². The summed E-state index contributed by atoms with van der Waals surface area (Å²) in [5.41, 5.74) is -1.78. The first-order valence-electron chi connectivity index (χ1n) is 4.51. The molecule has 0 aromatic rings. The van der Waals surface area contributed by atoms with E-state index >= 15 is 0 Å². The summed E-state index contributed by atoms with van der Waals surface area (Å²) in [4.78, 5) is 0. The highest BCUT2D eigenvalue weighted by atomic mass is 19.3. The monoisotopic (exact) mass is 180 g/mol. The summed E-state index contributed by atoms with van der Waals surface area (Å²) in [5.74, 6) is 0. The fourth-order valence-corrected chi connectivity index (χ4v) is 1.02. The number of hydrogen-bond donors (Lipinski definition) is 1. The molecule has 1 nitrogen and oxygen atoms in total. The van der Waals surface area contributed by atoms with Crippen molar-refractivity contribution in [2.24, 2.45) is 0 Å². The van der Waals surface area contributed by atoms with Crippen molar-refractivity contribution in [1.82, 2.24) is 0 Å². The molecule has 1 atom stereocenters. The summed E-state index contributed by atoms with van der Waals surface area (Å²) in [5, 5.41) is 9.14. The molecule has 1 unspecified atom stereocenters. The van der Waals surface area contributed by atoms with Crippen LogP contribution in [0.1, 0.15) is 46.0 Å². The lowest BCUT2D eigenvalue weighted by Gasteiger charge is -2.21. The predicted octanol–water partition coefficient (Wildman–Crippen LogP) is 2.97. The van der Waals surface area contributed by atoms with Crippen LogP contribution >= 0.6 is 0 Å². The second-order valence-electron chi connectivity index (χ2n) is 3.47. The Morgan fingerprint density at radius 1 is 1.25 bits per heavy atom. The van der Waals surface area contributed by atoms with Crippen molar-refractivity contribution in [1.29, 1.82) is 0 Å². The molecule has 0 aliphatic rings. The average Bonchev–Trinajstić information content (AvgIpc) is 1.98. The van der Waals surface area contributed by atoms with Crippen LogP contribution in [-0.4, -0.2) is 17.1 Å². The molecule has 74 valence electrons. The van der Waals surface area contributed by atoms with Gasteiger partial charge in [0.05, 0.1) is 0 Å². The highest BCUT2D eigenvalue weighted by molar-refractivity contribution is 4.74. The van der Waals surface area contributed by atoms with Crippen molar-refractivity contribution in [3.05, 3.63) is 0 Å². The Bertz CT molecular complexity index is 113. The molecule has 0 heterocycles. The van der Waals surface area contributed by atoms with Gasteiger partial charge in [-0.25, -0.2) is 8.78 Å². The lowest BCUT2D eigenvalue weighted by molar-refractivity contribution is -0.0888. The van der Waals surface area contributed by atoms with Crippen molar-refractivity contribution in [3.63, 3.8) is 0 Å². The Morgan fingerprint density at radius 2 is 1.83 bits per heavy atom. The first-order valence-corrected chi connectivity index (χ1v) is 4.51. The zero-order valence-corrected chi connectivity index (χ0v) is 7.82. The summed E-state index contributed by atoms with van der Waals surface area (Å²) < 4.78 is 24.1. The van der Waals surface area contributed by atoms with Crippen LogP contribution < -0.4 is 0 Å². The second-order valence-corrected chi connectivity index (χ2v) is 3.47. The maximum atomic E-state index is 12.1. The molecule has 12 heavy (non-hydrogen) atoms. The Kier molecular flexibility index (Phi) is 5.38. The van der Waals surface area contributed by atoms with Gasteiger partial charge in [-0.3, -0.25) is 0 Å². The molecule has 0 aliphatic carbocycles. The van der Waals surface area contributed by atoms with E-state index in [4.69, 9.17) is 5.11 Å². The number of halogens is 2. The van der Waals surface area contributed by atoms with Crippen molar-refractivity contribution in [3.8, 4) is 0 Å². The summed E-state index contributed by atoms with van der Waals surface area (Å²) in [6.07, 6.45) is 1.32. The van der Waals surface area contributed by atoms with E-state index in [0.29, 0.717) is 6.42 Å². The molecule has 0 fully saturated rings. The summed E-state index contributed by atoms with van der Waals surface area (Å²) in [6.45, 7) is 3.26. The van der Waals surface area contributed by atoms with Crippen molar-refractivity contribution < 1.29 is 13.9 Å². The van der Waals surface area contributed by atoms with Crippen LogP contribution in [-0.2, 0) is 0 Å². The zero-order valence-electron chi connectivity index (χ0n) is 7.82. The van der Waals surface area contributed by atoms with Gasteiger partial charge in [0.1, 0.15) is 5.60 Å². The molecule has 0 spiro atoms. The fourth-order valence-electron chi connectivity index (χ4n) is 1.02. The number of alkyl halides is 2. The summed E-state index contributed by atoms with van der Waals surface area (Å²) in [7, 11) is 0. The van der Waals surface area contributed by atoms with Crippen molar-refractivity contribution in [2.75, 3.05) is 0 Å². The van der Waals surface area contributed by atoms with E-state index in [1.165, 1.54) is 6.92 Å². The predicted molar refractivity (Wildman–Crippen MR) is 45.4 cm³/mol. The normalized spacial score (nSPS) is 16.5. The Balaban J connectivity index is 3.47. The number of aliphatic hydroxyl groups is 1. The lowest BCUT2D eigenvalue weighted by Crippen LogP contribution is -2.33. The average molecular weight is 180 g/mol. The van der Waals surface area contributed by atoms with E-state index in [-0.39, 0.29) is 6.42 Å². The Labute approximate surface area is 72.8 Å². The molecule has 0 rings (SSSR count). The van der Waals surface area contributed by atoms with Crippen LogP contribution in [0.3, 0.4) is 0 Å². The number of hydrogen-bond acceptors (Lipinski definition) is 1. The van der Waals surface area contributed by atoms with Gasteiger partial charge >= 0.3 is 0 Å². The minimum atomic E-state index is -2.63. The van der Waals surface area contributed by atoms with Gasteiger partial charge in [0, 0.05) is 0 Å². The van der Waals surface area contributed by atoms with Gasteiger partial charge in [-0.1, -0.05) is 32.6 Å². The van der Waals surface area contributed by atoms with Crippen LogP contribution in [0.4, 0.5) is 8.78 Å². The van der Waals surface area contributed by atoms with Gasteiger partial charge < -0.3 is 5.11 Å². The van der Waals surface area contributed by atoms with Gasteiger partial charge in [0.25, 0.3) is 6.43 Å². The minimum absolute atomic E-state index is 0.199. The molecule has 0 aromatic heterocycles. The standard InChI is InChI=1S/C9H18F2O/c1-3-4-5-6-7-9(2,12)8(10)11/h8,12H,3-7H2,1-2H3. The molecule has 0 bridgehead atoms. The van der Waals surface area contributed by atoms with Crippen LogP contribution in [0, 0.1) is 0 Å². The zero-order chi connectivity index (χ0) is 9.61.